The number of amides is 2. The number of carbonyl (C=O) groups excluding carboxylic acids is 3. The van der Waals surface area contributed by atoms with Gasteiger partial charge in [-0.15, -0.1) is 0 Å². The molecule has 0 fully saturated rings. The van der Waals surface area contributed by atoms with Crippen molar-refractivity contribution in [3.63, 3.8) is 0 Å². The lowest BCUT2D eigenvalue weighted by molar-refractivity contribution is -0.113. The lowest BCUT2D eigenvalue weighted by atomic mass is 10.1. The molecule has 5 nitrogen and oxygen atoms in total. The second-order valence-electron chi connectivity index (χ2n) is 8.54. The minimum atomic E-state index is -0.493. The molecule has 2 N–H and O–H groups in total. The second-order valence-corrected chi connectivity index (χ2v) is 8.95. The van der Waals surface area contributed by atoms with E-state index in [9.17, 15) is 14.4 Å². The summed E-state index contributed by atoms with van der Waals surface area (Å²) in [6, 6.07) is 30.0. The molecule has 0 spiro atoms. The second kappa shape index (κ2) is 12.5. The number of benzene rings is 4. The van der Waals surface area contributed by atoms with Crippen LogP contribution in [0.1, 0.15) is 37.4 Å². The summed E-state index contributed by atoms with van der Waals surface area (Å²) < 4.78 is 0. The van der Waals surface area contributed by atoms with Crippen LogP contribution in [0.25, 0.3) is 12.2 Å². The first-order valence-electron chi connectivity index (χ1n) is 11.9. The Balaban J connectivity index is 1.49. The van der Waals surface area contributed by atoms with E-state index >= 15 is 0 Å². The van der Waals surface area contributed by atoms with Crippen LogP contribution >= 0.6 is 11.6 Å². The van der Waals surface area contributed by atoms with Gasteiger partial charge in [-0.2, -0.15) is 0 Å². The SMILES string of the molecule is Cc1ccc(/C=C(\NC(=O)c2ccccc2)C(=O)Nc2ccc(C(=O)/C=C/c3ccccc3Cl)cc2)cc1. The van der Waals surface area contributed by atoms with Gasteiger partial charge in [-0.05, 0) is 78.7 Å². The average molecular weight is 521 g/mol. The number of rotatable bonds is 8. The smallest absolute Gasteiger partial charge is 0.272 e. The van der Waals surface area contributed by atoms with E-state index in [1.165, 1.54) is 6.08 Å². The molecule has 6 heteroatoms. The lowest BCUT2D eigenvalue weighted by Crippen LogP contribution is -2.30. The zero-order valence-electron chi connectivity index (χ0n) is 20.6. The fourth-order valence-corrected chi connectivity index (χ4v) is 3.76. The summed E-state index contributed by atoms with van der Waals surface area (Å²) in [6.45, 7) is 1.97. The maximum Gasteiger partial charge on any atom is 0.272 e. The van der Waals surface area contributed by atoms with Crippen LogP contribution in [-0.2, 0) is 4.79 Å². The van der Waals surface area contributed by atoms with Crippen molar-refractivity contribution in [1.29, 1.82) is 0 Å². The predicted molar refractivity (Wildman–Crippen MR) is 153 cm³/mol. The van der Waals surface area contributed by atoms with E-state index in [-0.39, 0.29) is 11.5 Å². The Kier molecular flexibility index (Phi) is 8.65. The van der Waals surface area contributed by atoms with E-state index in [1.807, 2.05) is 55.5 Å². The Bertz CT molecular complexity index is 1510. The molecule has 0 saturated carbocycles. The quantitative estimate of drug-likeness (QED) is 0.195. The summed E-state index contributed by atoms with van der Waals surface area (Å²) in [6.07, 6.45) is 4.74. The molecule has 0 aliphatic heterocycles. The van der Waals surface area contributed by atoms with Gasteiger partial charge in [0.2, 0.25) is 0 Å². The molecule has 0 aliphatic carbocycles. The standard InChI is InChI=1S/C32H25ClN2O3/c1-22-11-13-23(14-12-22)21-29(35-31(37)26-8-3-2-4-9-26)32(38)34-27-18-15-25(16-19-27)30(36)20-17-24-7-5-6-10-28(24)33/h2-21H,1H3,(H,34,38)(H,35,37)/b20-17+,29-21-. The number of anilines is 1. The van der Waals surface area contributed by atoms with Crippen molar-refractivity contribution >= 4 is 47.0 Å². The minimum absolute atomic E-state index is 0.0885. The fraction of sp³-hybridized carbons (Fsp3) is 0.0312. The maximum atomic E-state index is 13.2. The summed E-state index contributed by atoms with van der Waals surface area (Å²) in [4.78, 5) is 38.5. The Labute approximate surface area is 226 Å². The third-order valence-electron chi connectivity index (χ3n) is 5.66. The van der Waals surface area contributed by atoms with Crippen molar-refractivity contribution in [1.82, 2.24) is 5.32 Å². The molecule has 4 aromatic carbocycles. The Hall–Kier alpha value is -4.74. The molecule has 38 heavy (non-hydrogen) atoms. The molecule has 0 aromatic heterocycles. The molecular formula is C32H25ClN2O3. The zero-order valence-corrected chi connectivity index (χ0v) is 21.4. The molecule has 2 amide bonds. The Morgan fingerprint density at radius 2 is 1.39 bits per heavy atom. The van der Waals surface area contributed by atoms with Crippen LogP contribution in [0.15, 0.2) is 115 Å². The molecule has 0 aliphatic rings. The van der Waals surface area contributed by atoms with Gasteiger partial charge in [-0.25, -0.2) is 0 Å². The number of carbonyl (C=O) groups is 3. The zero-order chi connectivity index (χ0) is 26.9. The largest absolute Gasteiger partial charge is 0.321 e. The molecule has 0 radical (unpaired) electrons. The molecule has 4 aromatic rings. The summed E-state index contributed by atoms with van der Waals surface area (Å²) >= 11 is 6.14. The summed E-state index contributed by atoms with van der Waals surface area (Å²) in [5, 5.41) is 6.07. The van der Waals surface area contributed by atoms with Crippen molar-refractivity contribution < 1.29 is 14.4 Å². The van der Waals surface area contributed by atoms with E-state index in [0.717, 1.165) is 16.7 Å². The van der Waals surface area contributed by atoms with Crippen LogP contribution in [0.4, 0.5) is 5.69 Å². The van der Waals surface area contributed by atoms with E-state index in [1.54, 1.807) is 66.7 Å². The number of halogens is 1. The van der Waals surface area contributed by atoms with Crippen LogP contribution < -0.4 is 10.6 Å². The van der Waals surface area contributed by atoms with E-state index < -0.39 is 11.8 Å². The van der Waals surface area contributed by atoms with Crippen LogP contribution in [0.3, 0.4) is 0 Å². The third kappa shape index (κ3) is 7.15. The van der Waals surface area contributed by atoms with E-state index in [0.29, 0.717) is 21.8 Å². The summed E-state index contributed by atoms with van der Waals surface area (Å²) in [5.74, 6) is -1.09. The van der Waals surface area contributed by atoms with Gasteiger partial charge in [0.05, 0.1) is 0 Å². The Morgan fingerprint density at radius 3 is 2.08 bits per heavy atom. The third-order valence-corrected chi connectivity index (χ3v) is 6.01. The lowest BCUT2D eigenvalue weighted by Gasteiger charge is -2.12. The average Bonchev–Trinajstić information content (AvgIpc) is 2.94. The first kappa shape index (κ1) is 26.3. The van der Waals surface area contributed by atoms with Gasteiger partial charge in [-0.1, -0.05) is 77.8 Å². The van der Waals surface area contributed by atoms with Gasteiger partial charge in [-0.3, -0.25) is 14.4 Å². The fourth-order valence-electron chi connectivity index (χ4n) is 3.56. The highest BCUT2D eigenvalue weighted by molar-refractivity contribution is 6.32. The van der Waals surface area contributed by atoms with Gasteiger partial charge in [0.1, 0.15) is 5.70 Å². The molecule has 188 valence electrons. The van der Waals surface area contributed by atoms with Crippen molar-refractivity contribution in [3.05, 3.63) is 148 Å². The number of allylic oxidation sites excluding steroid dienone is 1. The number of aryl methyl sites for hydroxylation is 1. The first-order chi connectivity index (χ1) is 18.4. The summed E-state index contributed by atoms with van der Waals surface area (Å²) in [7, 11) is 0. The van der Waals surface area contributed by atoms with Crippen LogP contribution in [0.2, 0.25) is 5.02 Å². The van der Waals surface area contributed by atoms with Crippen molar-refractivity contribution in [2.75, 3.05) is 5.32 Å². The molecule has 0 atom stereocenters. The highest BCUT2D eigenvalue weighted by Crippen LogP contribution is 2.18. The number of ketones is 1. The molecule has 0 saturated heterocycles. The van der Waals surface area contributed by atoms with Crippen molar-refractivity contribution in [3.8, 4) is 0 Å². The van der Waals surface area contributed by atoms with Gasteiger partial charge in [0.25, 0.3) is 11.8 Å². The van der Waals surface area contributed by atoms with Crippen molar-refractivity contribution in [2.24, 2.45) is 0 Å². The van der Waals surface area contributed by atoms with Crippen LogP contribution in [0, 0.1) is 6.92 Å². The Morgan fingerprint density at radius 1 is 0.737 bits per heavy atom. The predicted octanol–water partition coefficient (Wildman–Crippen LogP) is 6.95. The van der Waals surface area contributed by atoms with E-state index in [2.05, 4.69) is 10.6 Å². The van der Waals surface area contributed by atoms with Crippen LogP contribution in [-0.4, -0.2) is 17.6 Å². The van der Waals surface area contributed by atoms with Crippen LogP contribution in [0.5, 0.6) is 0 Å². The topological polar surface area (TPSA) is 75.3 Å². The van der Waals surface area contributed by atoms with Gasteiger partial charge in [0.15, 0.2) is 5.78 Å². The molecular weight excluding hydrogens is 496 g/mol. The number of nitrogens with one attached hydrogen (secondary N) is 2. The van der Waals surface area contributed by atoms with Gasteiger partial charge < -0.3 is 10.6 Å². The highest BCUT2D eigenvalue weighted by Gasteiger charge is 2.15. The van der Waals surface area contributed by atoms with Gasteiger partial charge >= 0.3 is 0 Å². The molecule has 0 unspecified atom stereocenters. The maximum absolute atomic E-state index is 13.2. The van der Waals surface area contributed by atoms with E-state index in [4.69, 9.17) is 11.6 Å². The minimum Gasteiger partial charge on any atom is -0.321 e. The van der Waals surface area contributed by atoms with Crippen molar-refractivity contribution in [2.45, 2.75) is 6.92 Å². The van der Waals surface area contributed by atoms with Gasteiger partial charge in [0, 0.05) is 21.8 Å². The number of hydrogen-bond acceptors (Lipinski definition) is 3. The highest BCUT2D eigenvalue weighted by atomic mass is 35.5. The first-order valence-corrected chi connectivity index (χ1v) is 12.3. The molecule has 0 heterocycles. The normalized spacial score (nSPS) is 11.3. The number of hydrogen-bond donors (Lipinski definition) is 2. The molecule has 0 bridgehead atoms. The molecule has 4 rings (SSSR count). The summed E-state index contributed by atoms with van der Waals surface area (Å²) in [5.41, 5.74) is 4.05. The monoisotopic (exact) mass is 520 g/mol.